The molecule has 0 spiro atoms. The molecular weight excluding hydrogens is 574 g/mol. The van der Waals surface area contributed by atoms with E-state index in [1.54, 1.807) is 36.5 Å². The number of H-pyrrole nitrogens is 1. The minimum absolute atomic E-state index is 0.0763. The number of aromatic amines is 1. The monoisotopic (exact) mass is 609 g/mol. The number of carboxylic acids is 3. The maximum atomic E-state index is 13.3. The fraction of sp³-hybridized carbons (Fsp3) is 0.333. The molecule has 0 saturated heterocycles. The van der Waals surface area contributed by atoms with E-state index in [0.29, 0.717) is 5.56 Å². The summed E-state index contributed by atoms with van der Waals surface area (Å²) in [5.74, 6) is -6.52. The van der Waals surface area contributed by atoms with Crippen molar-refractivity contribution in [3.8, 4) is 0 Å². The molecule has 3 rings (SSSR count). The zero-order valence-corrected chi connectivity index (χ0v) is 23.7. The summed E-state index contributed by atoms with van der Waals surface area (Å²) in [6.45, 7) is 0. The second kappa shape index (κ2) is 15.8. The molecule has 14 heteroatoms. The molecular formula is C30H35N5O9. The molecule has 9 N–H and O–H groups in total. The number of hydrogen-bond acceptors (Lipinski definition) is 7. The standard InChI is InChI=1S/C30H35N5O9/c31-20(15-18-16-32-21-9-5-4-8-19(18)21)27(40)33-22(10-12-25(36)37)28(41)34-23(11-13-26(38)39)29(42)35-24(30(43)44)14-17-6-2-1-3-7-17/h1-9,16,20,22-24,32H,10-15,31H2,(H,33,40)(H,34,41)(H,35,42)(H,36,37)(H,38,39)(H,43,44). The molecule has 1 heterocycles. The number of carbonyl (C=O) groups is 6. The number of benzene rings is 2. The summed E-state index contributed by atoms with van der Waals surface area (Å²) in [6, 6.07) is 10.4. The first kappa shape index (κ1) is 33.3. The van der Waals surface area contributed by atoms with Crippen molar-refractivity contribution >= 4 is 46.5 Å². The number of para-hydroxylation sites is 1. The Balaban J connectivity index is 1.73. The van der Waals surface area contributed by atoms with Gasteiger partial charge in [-0.05, 0) is 36.5 Å². The Kier molecular flexibility index (Phi) is 12.0. The van der Waals surface area contributed by atoms with Gasteiger partial charge in [-0.25, -0.2) is 4.79 Å². The zero-order valence-electron chi connectivity index (χ0n) is 23.7. The molecule has 0 fully saturated rings. The van der Waals surface area contributed by atoms with Crippen LogP contribution in [0.3, 0.4) is 0 Å². The maximum Gasteiger partial charge on any atom is 0.326 e. The van der Waals surface area contributed by atoms with E-state index >= 15 is 0 Å². The van der Waals surface area contributed by atoms with E-state index in [9.17, 15) is 44.1 Å². The summed E-state index contributed by atoms with van der Waals surface area (Å²) in [6.07, 6.45) is -0.0786. The van der Waals surface area contributed by atoms with Gasteiger partial charge < -0.3 is 42.0 Å². The van der Waals surface area contributed by atoms with Crippen molar-refractivity contribution in [2.75, 3.05) is 0 Å². The third kappa shape index (κ3) is 9.94. The Morgan fingerprint density at radius 2 is 1.20 bits per heavy atom. The number of carboxylic acid groups (broad SMARTS) is 3. The van der Waals surface area contributed by atoms with Crippen LogP contribution in [0, 0.1) is 0 Å². The third-order valence-corrected chi connectivity index (χ3v) is 6.91. The van der Waals surface area contributed by atoms with Crippen LogP contribution in [-0.4, -0.2) is 80.1 Å². The summed E-state index contributed by atoms with van der Waals surface area (Å²) < 4.78 is 0. The number of rotatable bonds is 17. The van der Waals surface area contributed by atoms with Gasteiger partial charge in [-0.1, -0.05) is 48.5 Å². The zero-order chi connectivity index (χ0) is 32.2. The maximum absolute atomic E-state index is 13.3. The number of nitrogens with two attached hydrogens (primary N) is 1. The van der Waals surface area contributed by atoms with E-state index in [1.165, 1.54) is 0 Å². The predicted molar refractivity (Wildman–Crippen MR) is 157 cm³/mol. The van der Waals surface area contributed by atoms with Crippen molar-refractivity contribution in [3.05, 3.63) is 71.9 Å². The lowest BCUT2D eigenvalue weighted by Gasteiger charge is -2.25. The van der Waals surface area contributed by atoms with Crippen molar-refractivity contribution < 1.29 is 44.1 Å². The average molecular weight is 610 g/mol. The Morgan fingerprint density at radius 1 is 0.682 bits per heavy atom. The second-order valence-electron chi connectivity index (χ2n) is 10.2. The SMILES string of the molecule is NC(Cc1c[nH]c2ccccc12)C(=O)NC(CCC(=O)O)C(=O)NC(CCC(=O)O)C(=O)NC(Cc1ccccc1)C(=O)O. The van der Waals surface area contributed by atoms with Crippen molar-refractivity contribution in [1.29, 1.82) is 0 Å². The molecule has 4 unspecified atom stereocenters. The van der Waals surface area contributed by atoms with Crippen LogP contribution in [0.4, 0.5) is 0 Å². The van der Waals surface area contributed by atoms with Gasteiger partial charge in [-0.3, -0.25) is 24.0 Å². The van der Waals surface area contributed by atoms with Gasteiger partial charge in [-0.15, -0.1) is 0 Å². The molecule has 3 aromatic rings. The fourth-order valence-electron chi connectivity index (χ4n) is 4.58. The Labute approximate surface area is 252 Å². The summed E-state index contributed by atoms with van der Waals surface area (Å²) in [4.78, 5) is 76.8. The highest BCUT2D eigenvalue weighted by Gasteiger charge is 2.31. The first-order chi connectivity index (χ1) is 20.9. The van der Waals surface area contributed by atoms with Gasteiger partial charge in [0.05, 0.1) is 6.04 Å². The number of aromatic nitrogens is 1. The summed E-state index contributed by atoms with van der Waals surface area (Å²) in [5.41, 5.74) is 8.33. The van der Waals surface area contributed by atoms with Gasteiger partial charge in [0.2, 0.25) is 17.7 Å². The van der Waals surface area contributed by atoms with Gasteiger partial charge in [0, 0.05) is 36.4 Å². The third-order valence-electron chi connectivity index (χ3n) is 6.91. The van der Waals surface area contributed by atoms with E-state index < -0.39 is 79.1 Å². The van der Waals surface area contributed by atoms with Crippen LogP contribution in [0.15, 0.2) is 60.8 Å². The summed E-state index contributed by atoms with van der Waals surface area (Å²) >= 11 is 0. The lowest BCUT2D eigenvalue weighted by molar-refractivity contribution is -0.143. The molecule has 0 radical (unpaired) electrons. The summed E-state index contributed by atoms with van der Waals surface area (Å²) in [5, 5.41) is 36.0. The quantitative estimate of drug-likeness (QED) is 0.106. The highest BCUT2D eigenvalue weighted by Crippen LogP contribution is 2.19. The van der Waals surface area contributed by atoms with E-state index in [1.807, 2.05) is 24.3 Å². The van der Waals surface area contributed by atoms with Crippen LogP contribution in [0.5, 0.6) is 0 Å². The molecule has 3 amide bonds. The lowest BCUT2D eigenvalue weighted by Crippen LogP contribution is -2.57. The van der Waals surface area contributed by atoms with Crippen LogP contribution in [0.25, 0.3) is 10.9 Å². The van der Waals surface area contributed by atoms with Crippen LogP contribution in [-0.2, 0) is 41.6 Å². The smallest absolute Gasteiger partial charge is 0.326 e. The molecule has 0 bridgehead atoms. The van der Waals surface area contributed by atoms with Gasteiger partial charge >= 0.3 is 17.9 Å². The molecule has 234 valence electrons. The fourth-order valence-corrected chi connectivity index (χ4v) is 4.58. The first-order valence-corrected chi connectivity index (χ1v) is 13.9. The number of aliphatic carboxylic acids is 3. The van der Waals surface area contributed by atoms with Crippen molar-refractivity contribution in [3.63, 3.8) is 0 Å². The number of carbonyl (C=O) groups excluding carboxylic acids is 3. The van der Waals surface area contributed by atoms with Gasteiger partial charge in [-0.2, -0.15) is 0 Å². The molecule has 2 aromatic carbocycles. The minimum atomic E-state index is -1.50. The summed E-state index contributed by atoms with van der Waals surface area (Å²) in [7, 11) is 0. The highest BCUT2D eigenvalue weighted by atomic mass is 16.4. The topological polar surface area (TPSA) is 241 Å². The molecule has 0 saturated carbocycles. The number of amides is 3. The molecule has 14 nitrogen and oxygen atoms in total. The Morgan fingerprint density at radius 3 is 1.77 bits per heavy atom. The highest BCUT2D eigenvalue weighted by molar-refractivity contribution is 5.95. The predicted octanol–water partition coefficient (Wildman–Crippen LogP) is 0.549. The number of nitrogens with one attached hydrogen (secondary N) is 4. The van der Waals surface area contributed by atoms with Gasteiger partial charge in [0.1, 0.15) is 18.1 Å². The van der Waals surface area contributed by atoms with Crippen LogP contribution < -0.4 is 21.7 Å². The van der Waals surface area contributed by atoms with Gasteiger partial charge in [0.25, 0.3) is 0 Å². The van der Waals surface area contributed by atoms with Crippen LogP contribution >= 0.6 is 0 Å². The van der Waals surface area contributed by atoms with E-state index in [2.05, 4.69) is 20.9 Å². The van der Waals surface area contributed by atoms with Crippen molar-refractivity contribution in [1.82, 2.24) is 20.9 Å². The first-order valence-electron chi connectivity index (χ1n) is 13.9. The second-order valence-corrected chi connectivity index (χ2v) is 10.2. The van der Waals surface area contributed by atoms with Crippen LogP contribution in [0.1, 0.15) is 36.8 Å². The van der Waals surface area contributed by atoms with E-state index in [-0.39, 0.29) is 19.3 Å². The normalized spacial score (nSPS) is 13.7. The molecule has 0 aliphatic heterocycles. The minimum Gasteiger partial charge on any atom is -0.481 e. The van der Waals surface area contributed by atoms with Gasteiger partial charge in [0.15, 0.2) is 0 Å². The molecule has 0 aliphatic carbocycles. The van der Waals surface area contributed by atoms with E-state index in [4.69, 9.17) is 5.73 Å². The van der Waals surface area contributed by atoms with Crippen molar-refractivity contribution in [2.24, 2.45) is 5.73 Å². The molecule has 4 atom stereocenters. The number of hydrogen-bond donors (Lipinski definition) is 8. The largest absolute Gasteiger partial charge is 0.481 e. The number of fused-ring (bicyclic) bond motifs is 1. The van der Waals surface area contributed by atoms with E-state index in [0.717, 1.165) is 16.5 Å². The van der Waals surface area contributed by atoms with Crippen LogP contribution in [0.2, 0.25) is 0 Å². The molecule has 1 aromatic heterocycles. The lowest BCUT2D eigenvalue weighted by atomic mass is 10.0. The molecule has 0 aliphatic rings. The average Bonchev–Trinajstić information content (AvgIpc) is 3.39. The Bertz CT molecular complexity index is 1490. The Hall–Kier alpha value is -5.24. The molecule has 44 heavy (non-hydrogen) atoms. The van der Waals surface area contributed by atoms with Crippen molar-refractivity contribution in [2.45, 2.75) is 62.7 Å².